The van der Waals surface area contributed by atoms with Gasteiger partial charge in [0.2, 0.25) is 0 Å². The number of aryl methyl sites for hydroxylation is 1. The number of anilines is 1. The molecule has 0 atom stereocenters. The molecule has 35 heavy (non-hydrogen) atoms. The lowest BCUT2D eigenvalue weighted by molar-refractivity contribution is -0.394. The highest BCUT2D eigenvalue weighted by Crippen LogP contribution is 2.47. The van der Waals surface area contributed by atoms with E-state index in [0.717, 1.165) is 22.0 Å². The number of nitro groups is 2. The number of sulfonamides is 1. The van der Waals surface area contributed by atoms with Gasteiger partial charge in [0.25, 0.3) is 21.4 Å². The third kappa shape index (κ3) is 4.58. The molecule has 0 radical (unpaired) electrons. The average molecular weight is 496 g/mol. The van der Waals surface area contributed by atoms with Crippen molar-refractivity contribution in [1.29, 1.82) is 0 Å². The molecule has 0 aliphatic carbocycles. The van der Waals surface area contributed by atoms with E-state index < -0.39 is 31.2 Å². The van der Waals surface area contributed by atoms with Gasteiger partial charge < -0.3 is 4.74 Å². The standard InChI is InChI=1S/C24H21N3O7S/c1-3-34-20-8-6-17(7-9-20)12-18-15-25(35(32,33)21-10-4-16(2)5-11-21)22-13-19(26(28)29)14-23(24(18)22)27(30)31/h4-14H,3,15H2,1-2H3/b18-12+. The Balaban J connectivity index is 1.91. The number of nitro benzene ring substituents is 2. The van der Waals surface area contributed by atoms with Crippen LogP contribution >= 0.6 is 0 Å². The quantitative estimate of drug-likeness (QED) is 0.334. The summed E-state index contributed by atoms with van der Waals surface area (Å²) in [6, 6.07) is 15.0. The Hall–Kier alpha value is -4.25. The lowest BCUT2D eigenvalue weighted by Gasteiger charge is -2.19. The second-order valence-corrected chi connectivity index (χ2v) is 9.73. The molecule has 1 aliphatic rings. The van der Waals surface area contributed by atoms with Crippen LogP contribution in [-0.2, 0) is 10.0 Å². The molecule has 3 aromatic rings. The van der Waals surface area contributed by atoms with Crippen LogP contribution < -0.4 is 9.04 Å². The molecule has 1 heterocycles. The summed E-state index contributed by atoms with van der Waals surface area (Å²) < 4.78 is 33.5. The molecule has 11 heteroatoms. The van der Waals surface area contributed by atoms with E-state index in [-0.39, 0.29) is 22.7 Å². The molecular formula is C24H21N3O7S. The van der Waals surface area contributed by atoms with Gasteiger partial charge in [-0.1, -0.05) is 29.8 Å². The molecular weight excluding hydrogens is 474 g/mol. The van der Waals surface area contributed by atoms with E-state index in [4.69, 9.17) is 4.74 Å². The van der Waals surface area contributed by atoms with Crippen molar-refractivity contribution in [1.82, 2.24) is 0 Å². The predicted octanol–water partition coefficient (Wildman–Crippen LogP) is 4.96. The summed E-state index contributed by atoms with van der Waals surface area (Å²) in [6.07, 6.45) is 1.64. The van der Waals surface area contributed by atoms with Crippen molar-refractivity contribution >= 4 is 38.7 Å². The number of nitrogens with zero attached hydrogens (tertiary/aromatic N) is 3. The molecule has 4 rings (SSSR count). The van der Waals surface area contributed by atoms with E-state index in [1.54, 1.807) is 42.5 Å². The van der Waals surface area contributed by atoms with Gasteiger partial charge in [-0.15, -0.1) is 0 Å². The van der Waals surface area contributed by atoms with Crippen LogP contribution in [0.2, 0.25) is 0 Å². The second-order valence-electron chi connectivity index (χ2n) is 7.87. The molecule has 0 bridgehead atoms. The monoisotopic (exact) mass is 495 g/mol. The third-order valence-electron chi connectivity index (χ3n) is 5.53. The number of benzene rings is 3. The Kier molecular flexibility index (Phi) is 6.27. The molecule has 3 aromatic carbocycles. The van der Waals surface area contributed by atoms with E-state index in [9.17, 15) is 28.6 Å². The number of hydrogen-bond acceptors (Lipinski definition) is 7. The lowest BCUT2D eigenvalue weighted by atomic mass is 10.0. The summed E-state index contributed by atoms with van der Waals surface area (Å²) in [6.45, 7) is 3.93. The fourth-order valence-corrected chi connectivity index (χ4v) is 5.34. The van der Waals surface area contributed by atoms with E-state index in [1.165, 1.54) is 12.1 Å². The molecule has 0 fully saturated rings. The van der Waals surface area contributed by atoms with Crippen LogP contribution in [0.4, 0.5) is 17.1 Å². The van der Waals surface area contributed by atoms with E-state index >= 15 is 0 Å². The molecule has 0 unspecified atom stereocenters. The van der Waals surface area contributed by atoms with E-state index in [2.05, 4.69) is 0 Å². The number of hydrogen-bond donors (Lipinski definition) is 0. The van der Waals surface area contributed by atoms with Crippen LogP contribution in [0.3, 0.4) is 0 Å². The summed E-state index contributed by atoms with van der Waals surface area (Å²) >= 11 is 0. The molecule has 0 amide bonds. The molecule has 0 N–H and O–H groups in total. The van der Waals surface area contributed by atoms with Crippen LogP contribution in [-0.4, -0.2) is 31.4 Å². The van der Waals surface area contributed by atoms with Gasteiger partial charge in [0.15, 0.2) is 0 Å². The van der Waals surface area contributed by atoms with Crippen LogP contribution in [0.25, 0.3) is 11.6 Å². The van der Waals surface area contributed by atoms with Gasteiger partial charge in [0, 0.05) is 6.07 Å². The van der Waals surface area contributed by atoms with E-state index in [0.29, 0.717) is 23.5 Å². The van der Waals surface area contributed by atoms with Crippen molar-refractivity contribution in [3.63, 3.8) is 0 Å². The van der Waals surface area contributed by atoms with Crippen molar-refractivity contribution in [2.75, 3.05) is 17.5 Å². The minimum absolute atomic E-state index is 0.0227. The largest absolute Gasteiger partial charge is 0.494 e. The maximum absolute atomic E-state index is 13.5. The maximum Gasteiger partial charge on any atom is 0.285 e. The van der Waals surface area contributed by atoms with Gasteiger partial charge in [-0.25, -0.2) is 8.42 Å². The Morgan fingerprint density at radius 1 is 1.00 bits per heavy atom. The first kappa shape index (κ1) is 23.9. The van der Waals surface area contributed by atoms with Crippen molar-refractivity contribution in [2.45, 2.75) is 18.7 Å². The van der Waals surface area contributed by atoms with Gasteiger partial charge in [-0.05, 0) is 55.3 Å². The fraction of sp³-hybridized carbons (Fsp3) is 0.167. The zero-order valence-corrected chi connectivity index (χ0v) is 19.7. The highest BCUT2D eigenvalue weighted by atomic mass is 32.2. The van der Waals surface area contributed by atoms with Crippen LogP contribution in [0.15, 0.2) is 65.6 Å². The maximum atomic E-state index is 13.5. The smallest absolute Gasteiger partial charge is 0.285 e. The minimum Gasteiger partial charge on any atom is -0.494 e. The van der Waals surface area contributed by atoms with Gasteiger partial charge >= 0.3 is 0 Å². The van der Waals surface area contributed by atoms with Crippen LogP contribution in [0.5, 0.6) is 5.75 Å². The van der Waals surface area contributed by atoms with Crippen molar-refractivity contribution in [3.8, 4) is 5.75 Å². The summed E-state index contributed by atoms with van der Waals surface area (Å²) in [5, 5.41) is 23.4. The minimum atomic E-state index is -4.17. The Bertz CT molecular complexity index is 1450. The molecule has 180 valence electrons. The topological polar surface area (TPSA) is 133 Å². The molecule has 0 saturated heterocycles. The molecule has 1 aliphatic heterocycles. The molecule has 10 nitrogen and oxygen atoms in total. The predicted molar refractivity (Wildman–Crippen MR) is 131 cm³/mol. The summed E-state index contributed by atoms with van der Waals surface area (Å²) in [7, 11) is -4.17. The van der Waals surface area contributed by atoms with Gasteiger partial charge in [-0.3, -0.25) is 24.5 Å². The Morgan fingerprint density at radius 2 is 1.66 bits per heavy atom. The number of ether oxygens (including phenoxy) is 1. The fourth-order valence-electron chi connectivity index (χ4n) is 3.89. The zero-order chi connectivity index (χ0) is 25.3. The third-order valence-corrected chi connectivity index (χ3v) is 7.31. The number of fused-ring (bicyclic) bond motifs is 1. The van der Waals surface area contributed by atoms with Crippen LogP contribution in [0.1, 0.15) is 23.6 Å². The highest BCUT2D eigenvalue weighted by molar-refractivity contribution is 7.92. The van der Waals surface area contributed by atoms with Crippen molar-refractivity contribution < 1.29 is 23.0 Å². The highest BCUT2D eigenvalue weighted by Gasteiger charge is 2.40. The number of rotatable bonds is 7. The molecule has 0 aromatic heterocycles. The van der Waals surface area contributed by atoms with Crippen LogP contribution in [0, 0.1) is 27.2 Å². The first-order valence-electron chi connectivity index (χ1n) is 10.6. The first-order chi connectivity index (χ1) is 16.6. The Labute approximate surface area is 201 Å². The summed E-state index contributed by atoms with van der Waals surface area (Å²) in [5.41, 5.74) is 0.690. The molecule has 0 saturated carbocycles. The van der Waals surface area contributed by atoms with Gasteiger partial charge in [-0.2, -0.15) is 0 Å². The SMILES string of the molecule is CCOc1ccc(/C=C2\CN(S(=O)(=O)c3ccc(C)cc3)c3cc([N+](=O)[O-])cc([N+](=O)[O-])c32)cc1. The van der Waals surface area contributed by atoms with Crippen molar-refractivity contribution in [2.24, 2.45) is 0 Å². The second kappa shape index (κ2) is 9.18. The van der Waals surface area contributed by atoms with Crippen molar-refractivity contribution in [3.05, 3.63) is 97.6 Å². The Morgan fingerprint density at radius 3 is 2.23 bits per heavy atom. The average Bonchev–Trinajstić information content (AvgIpc) is 3.19. The molecule has 0 spiro atoms. The summed E-state index contributed by atoms with van der Waals surface area (Å²) in [5.74, 6) is 0.645. The van der Waals surface area contributed by atoms with Gasteiger partial charge in [0.05, 0.1) is 45.2 Å². The van der Waals surface area contributed by atoms with Gasteiger partial charge in [0.1, 0.15) is 5.75 Å². The number of non-ortho nitro benzene ring substituents is 1. The zero-order valence-electron chi connectivity index (χ0n) is 18.9. The first-order valence-corrected chi connectivity index (χ1v) is 12.1. The summed E-state index contributed by atoms with van der Waals surface area (Å²) in [4.78, 5) is 21.8. The van der Waals surface area contributed by atoms with E-state index in [1.807, 2.05) is 13.8 Å². The lowest BCUT2D eigenvalue weighted by Crippen LogP contribution is -2.29. The normalized spacial score (nSPS) is 14.1.